The highest BCUT2D eigenvalue weighted by Gasteiger charge is 2.10. The van der Waals surface area contributed by atoms with Crippen molar-refractivity contribution in [3.63, 3.8) is 0 Å². The number of rotatable bonds is 7. The Kier molecular flexibility index (Phi) is 6.48. The highest BCUT2D eigenvalue weighted by Crippen LogP contribution is 1.91. The molecular weight excluding hydrogens is 174 g/mol. The summed E-state index contributed by atoms with van der Waals surface area (Å²) in [6.45, 7) is 2.58. The van der Waals surface area contributed by atoms with Crippen LogP contribution in [0.15, 0.2) is 0 Å². The molecule has 0 aromatic heterocycles. The normalized spacial score (nSPS) is 15.3. The Morgan fingerprint density at radius 1 is 1.54 bits per heavy atom. The van der Waals surface area contributed by atoms with Crippen LogP contribution in [0.1, 0.15) is 6.92 Å². The molecule has 0 amide bonds. The quantitative estimate of drug-likeness (QED) is 0.496. The average Bonchev–Trinajstić information content (AvgIpc) is 2.04. The summed E-state index contributed by atoms with van der Waals surface area (Å²) in [5.41, 5.74) is 0. The number of methoxy groups -OCH3 is 1. The van der Waals surface area contributed by atoms with Gasteiger partial charge >= 0.3 is 5.97 Å². The van der Waals surface area contributed by atoms with Crippen LogP contribution in [0.3, 0.4) is 0 Å². The molecule has 0 aliphatic heterocycles. The molecule has 2 atom stereocenters. The lowest BCUT2D eigenvalue weighted by Crippen LogP contribution is -2.34. The van der Waals surface area contributed by atoms with Crippen LogP contribution in [0.25, 0.3) is 0 Å². The lowest BCUT2D eigenvalue weighted by molar-refractivity contribution is -0.140. The Morgan fingerprint density at radius 2 is 2.15 bits per heavy atom. The van der Waals surface area contributed by atoms with Gasteiger partial charge in [0, 0.05) is 20.2 Å². The fourth-order valence-electron chi connectivity index (χ4n) is 0.805. The van der Waals surface area contributed by atoms with Crippen molar-refractivity contribution in [2.75, 3.05) is 26.8 Å². The van der Waals surface area contributed by atoms with Gasteiger partial charge in [0.25, 0.3) is 0 Å². The van der Waals surface area contributed by atoms with Gasteiger partial charge in [0.15, 0.2) is 0 Å². The van der Waals surface area contributed by atoms with E-state index < -0.39 is 18.0 Å². The van der Waals surface area contributed by atoms with Crippen molar-refractivity contribution in [1.29, 1.82) is 0 Å². The molecule has 0 aromatic rings. The first-order chi connectivity index (χ1) is 6.07. The zero-order chi connectivity index (χ0) is 10.3. The van der Waals surface area contributed by atoms with E-state index in [1.54, 1.807) is 6.92 Å². The van der Waals surface area contributed by atoms with Crippen LogP contribution in [-0.4, -0.2) is 49.1 Å². The smallest absolute Gasteiger partial charge is 0.307 e. The number of hydrogen-bond donors (Lipinski definition) is 3. The summed E-state index contributed by atoms with van der Waals surface area (Å²) >= 11 is 0. The van der Waals surface area contributed by atoms with Crippen molar-refractivity contribution in [3.8, 4) is 0 Å². The Morgan fingerprint density at radius 3 is 2.62 bits per heavy atom. The first-order valence-electron chi connectivity index (χ1n) is 4.18. The molecule has 0 saturated heterocycles. The molecule has 5 heteroatoms. The molecule has 0 saturated carbocycles. The van der Waals surface area contributed by atoms with Gasteiger partial charge in [0.05, 0.1) is 18.6 Å². The van der Waals surface area contributed by atoms with Gasteiger partial charge in [-0.3, -0.25) is 4.79 Å². The summed E-state index contributed by atoms with van der Waals surface area (Å²) in [5.74, 6) is -1.27. The summed E-state index contributed by atoms with van der Waals surface area (Å²) in [5, 5.41) is 20.5. The number of aliphatic hydroxyl groups is 1. The summed E-state index contributed by atoms with van der Waals surface area (Å²) in [6.07, 6.45) is -0.578. The van der Waals surface area contributed by atoms with Crippen molar-refractivity contribution in [3.05, 3.63) is 0 Å². The maximum Gasteiger partial charge on any atom is 0.307 e. The highest BCUT2D eigenvalue weighted by atomic mass is 16.5. The standard InChI is InChI=1S/C8H17NO4/c1-6(8(11)12)3-9-4-7(10)5-13-2/h6-7,9-10H,3-5H2,1-2H3,(H,11,12). The molecule has 5 nitrogen and oxygen atoms in total. The van der Waals surface area contributed by atoms with E-state index in [-0.39, 0.29) is 6.61 Å². The van der Waals surface area contributed by atoms with Crippen molar-refractivity contribution < 1.29 is 19.7 Å². The molecule has 0 aromatic carbocycles. The van der Waals surface area contributed by atoms with Gasteiger partial charge in [-0.2, -0.15) is 0 Å². The van der Waals surface area contributed by atoms with E-state index >= 15 is 0 Å². The zero-order valence-electron chi connectivity index (χ0n) is 7.99. The van der Waals surface area contributed by atoms with Crippen LogP contribution in [0.4, 0.5) is 0 Å². The largest absolute Gasteiger partial charge is 0.481 e. The zero-order valence-corrected chi connectivity index (χ0v) is 7.99. The van der Waals surface area contributed by atoms with Crippen LogP contribution in [0, 0.1) is 5.92 Å². The molecule has 2 unspecified atom stereocenters. The SMILES string of the molecule is COCC(O)CNCC(C)C(=O)O. The molecule has 13 heavy (non-hydrogen) atoms. The van der Waals surface area contributed by atoms with Crippen LogP contribution in [-0.2, 0) is 9.53 Å². The molecule has 0 aliphatic rings. The second kappa shape index (κ2) is 6.82. The molecular formula is C8H17NO4. The Labute approximate surface area is 77.7 Å². The second-order valence-corrected chi connectivity index (χ2v) is 3.01. The predicted molar refractivity (Wildman–Crippen MR) is 47.6 cm³/mol. The van der Waals surface area contributed by atoms with E-state index in [9.17, 15) is 4.79 Å². The molecule has 3 N–H and O–H groups in total. The summed E-state index contributed by atoms with van der Waals surface area (Å²) in [4.78, 5) is 10.4. The average molecular weight is 191 g/mol. The van der Waals surface area contributed by atoms with Crippen molar-refractivity contribution in [2.24, 2.45) is 5.92 Å². The minimum atomic E-state index is -0.839. The summed E-state index contributed by atoms with van der Waals surface area (Å²) in [7, 11) is 1.50. The van der Waals surface area contributed by atoms with Crippen LogP contribution >= 0.6 is 0 Å². The second-order valence-electron chi connectivity index (χ2n) is 3.01. The Hall–Kier alpha value is -0.650. The first-order valence-corrected chi connectivity index (χ1v) is 4.18. The van der Waals surface area contributed by atoms with Gasteiger partial charge in [-0.15, -0.1) is 0 Å². The van der Waals surface area contributed by atoms with E-state index in [1.165, 1.54) is 7.11 Å². The molecule has 0 heterocycles. The summed E-state index contributed by atoms with van der Waals surface area (Å²) < 4.78 is 4.70. The van der Waals surface area contributed by atoms with Gasteiger partial charge < -0.3 is 20.3 Å². The van der Waals surface area contributed by atoms with Gasteiger partial charge in [0.2, 0.25) is 0 Å². The highest BCUT2D eigenvalue weighted by molar-refractivity contribution is 5.69. The Balaban J connectivity index is 3.39. The number of aliphatic carboxylic acids is 1. The summed E-state index contributed by atoms with van der Waals surface area (Å²) in [6, 6.07) is 0. The van der Waals surface area contributed by atoms with Crippen LogP contribution in [0.2, 0.25) is 0 Å². The predicted octanol–water partition coefficient (Wildman–Crippen LogP) is -0.696. The van der Waals surface area contributed by atoms with E-state index in [1.807, 2.05) is 0 Å². The number of ether oxygens (including phenoxy) is 1. The molecule has 0 bridgehead atoms. The topological polar surface area (TPSA) is 78.8 Å². The maximum absolute atomic E-state index is 10.4. The van der Waals surface area contributed by atoms with E-state index in [2.05, 4.69) is 5.32 Å². The van der Waals surface area contributed by atoms with Crippen molar-refractivity contribution in [2.45, 2.75) is 13.0 Å². The number of nitrogens with one attached hydrogen (secondary N) is 1. The van der Waals surface area contributed by atoms with Crippen molar-refractivity contribution >= 4 is 5.97 Å². The lowest BCUT2D eigenvalue weighted by Gasteiger charge is -2.12. The molecule has 78 valence electrons. The van der Waals surface area contributed by atoms with E-state index in [0.29, 0.717) is 13.1 Å². The van der Waals surface area contributed by atoms with Crippen molar-refractivity contribution in [1.82, 2.24) is 5.32 Å². The monoisotopic (exact) mass is 191 g/mol. The van der Waals surface area contributed by atoms with Gasteiger partial charge in [0.1, 0.15) is 0 Å². The van der Waals surface area contributed by atoms with Gasteiger partial charge in [-0.25, -0.2) is 0 Å². The fraction of sp³-hybridized carbons (Fsp3) is 0.875. The number of aliphatic hydroxyl groups excluding tert-OH is 1. The fourth-order valence-corrected chi connectivity index (χ4v) is 0.805. The number of carbonyl (C=O) groups is 1. The third kappa shape index (κ3) is 6.51. The van der Waals surface area contributed by atoms with Crippen LogP contribution < -0.4 is 5.32 Å². The van der Waals surface area contributed by atoms with Gasteiger partial charge in [-0.1, -0.05) is 6.92 Å². The molecule has 0 fully saturated rings. The van der Waals surface area contributed by atoms with Gasteiger partial charge in [-0.05, 0) is 0 Å². The minimum absolute atomic E-state index is 0.258. The molecule has 0 spiro atoms. The third-order valence-corrected chi connectivity index (χ3v) is 1.61. The number of carboxylic acids is 1. The maximum atomic E-state index is 10.4. The number of hydrogen-bond acceptors (Lipinski definition) is 4. The molecule has 0 radical (unpaired) electrons. The molecule has 0 rings (SSSR count). The molecule has 0 aliphatic carbocycles. The lowest BCUT2D eigenvalue weighted by atomic mass is 10.2. The minimum Gasteiger partial charge on any atom is -0.481 e. The Bertz CT molecular complexity index is 151. The van der Waals surface area contributed by atoms with Crippen LogP contribution in [0.5, 0.6) is 0 Å². The third-order valence-electron chi connectivity index (χ3n) is 1.61. The van der Waals surface area contributed by atoms with E-state index in [0.717, 1.165) is 0 Å². The first kappa shape index (κ1) is 12.3. The number of carboxylic acid groups (broad SMARTS) is 1. The van der Waals surface area contributed by atoms with E-state index in [4.69, 9.17) is 14.9 Å².